The zero-order valence-corrected chi connectivity index (χ0v) is 21.3. The summed E-state index contributed by atoms with van der Waals surface area (Å²) in [6.45, 7) is 0. The van der Waals surface area contributed by atoms with E-state index in [1.807, 2.05) is 36.4 Å². The fraction of sp³-hybridized carbons (Fsp3) is 0.467. The molecule has 0 bridgehead atoms. The van der Waals surface area contributed by atoms with Crippen LogP contribution in [0.2, 0.25) is 0 Å². The molecule has 8 nitrogen and oxygen atoms in total. The number of hydrogen-bond acceptors (Lipinski definition) is 4. The van der Waals surface area contributed by atoms with E-state index >= 15 is 0 Å². The second kappa shape index (κ2) is 13.7. The van der Waals surface area contributed by atoms with Gasteiger partial charge < -0.3 is 20.4 Å². The van der Waals surface area contributed by atoms with Crippen molar-refractivity contribution in [2.45, 2.75) is 63.2 Å². The average molecular weight is 525 g/mol. The molecular formula is C30H36O8. The molecule has 0 spiro atoms. The van der Waals surface area contributed by atoms with Crippen LogP contribution < -0.4 is 0 Å². The number of rotatable bonds is 14. The molecule has 1 aliphatic rings. The van der Waals surface area contributed by atoms with Gasteiger partial charge >= 0.3 is 23.9 Å². The van der Waals surface area contributed by atoms with Gasteiger partial charge in [0.1, 0.15) is 0 Å². The van der Waals surface area contributed by atoms with Crippen LogP contribution >= 0.6 is 0 Å². The van der Waals surface area contributed by atoms with Crippen molar-refractivity contribution in [2.24, 2.45) is 23.7 Å². The zero-order chi connectivity index (χ0) is 27.7. The number of carbonyl (C=O) groups is 4. The summed E-state index contributed by atoms with van der Waals surface area (Å²) in [5.41, 5.74) is 2.35. The minimum absolute atomic E-state index is 0.0332. The molecule has 0 amide bonds. The van der Waals surface area contributed by atoms with Crippen LogP contribution in [0.4, 0.5) is 0 Å². The molecule has 8 heteroatoms. The largest absolute Gasteiger partial charge is 0.481 e. The topological polar surface area (TPSA) is 149 Å². The van der Waals surface area contributed by atoms with Gasteiger partial charge in [0.2, 0.25) is 0 Å². The molecule has 1 fully saturated rings. The molecule has 0 aliphatic heterocycles. The van der Waals surface area contributed by atoms with Gasteiger partial charge in [-0.15, -0.1) is 0 Å². The maximum Gasteiger partial charge on any atom is 0.317 e. The van der Waals surface area contributed by atoms with Crippen LogP contribution in [-0.2, 0) is 19.2 Å². The molecule has 1 saturated carbocycles. The predicted octanol–water partition coefficient (Wildman–Crippen LogP) is 5.49. The highest BCUT2D eigenvalue weighted by molar-refractivity contribution is 5.93. The molecule has 0 aromatic heterocycles. The lowest BCUT2D eigenvalue weighted by atomic mass is 9.60. The van der Waals surface area contributed by atoms with Gasteiger partial charge in [0, 0.05) is 0 Å². The zero-order valence-electron chi connectivity index (χ0n) is 21.3. The molecule has 4 N–H and O–H groups in total. The molecule has 4 atom stereocenters. The van der Waals surface area contributed by atoms with Crippen LogP contribution in [0.3, 0.4) is 0 Å². The Hall–Kier alpha value is -3.68. The van der Waals surface area contributed by atoms with E-state index in [1.165, 1.54) is 11.1 Å². The Bertz CT molecular complexity index is 968. The highest BCUT2D eigenvalue weighted by Crippen LogP contribution is 2.52. The van der Waals surface area contributed by atoms with Crippen molar-refractivity contribution in [1.29, 1.82) is 0 Å². The third-order valence-corrected chi connectivity index (χ3v) is 8.08. The normalized spacial score (nSPS) is 21.3. The van der Waals surface area contributed by atoms with E-state index < -0.39 is 35.7 Å². The molecule has 38 heavy (non-hydrogen) atoms. The van der Waals surface area contributed by atoms with Crippen molar-refractivity contribution in [3.05, 3.63) is 71.8 Å². The number of hydrogen-bond donors (Lipinski definition) is 4. The minimum Gasteiger partial charge on any atom is -0.481 e. The summed E-state index contributed by atoms with van der Waals surface area (Å²) in [4.78, 5) is 45.8. The first kappa shape index (κ1) is 28.9. The van der Waals surface area contributed by atoms with Crippen molar-refractivity contribution in [2.75, 3.05) is 0 Å². The van der Waals surface area contributed by atoms with Crippen molar-refractivity contribution in [3.8, 4) is 0 Å². The van der Waals surface area contributed by atoms with E-state index in [-0.39, 0.29) is 36.5 Å². The third-order valence-electron chi connectivity index (χ3n) is 8.08. The second-order valence-electron chi connectivity index (χ2n) is 10.3. The Kier molecular flexibility index (Phi) is 10.4. The van der Waals surface area contributed by atoms with Crippen molar-refractivity contribution < 1.29 is 39.6 Å². The summed E-state index contributed by atoms with van der Waals surface area (Å²) in [7, 11) is 0. The average Bonchev–Trinajstić information content (AvgIpc) is 2.89. The monoisotopic (exact) mass is 524 g/mol. The van der Waals surface area contributed by atoms with Crippen LogP contribution in [0.1, 0.15) is 74.3 Å². The van der Waals surface area contributed by atoms with E-state index in [1.54, 1.807) is 0 Å². The van der Waals surface area contributed by atoms with E-state index in [9.17, 15) is 39.6 Å². The molecule has 0 heterocycles. The summed E-state index contributed by atoms with van der Waals surface area (Å²) in [5, 5.41) is 37.3. The predicted molar refractivity (Wildman–Crippen MR) is 140 cm³/mol. The number of carboxylic acids is 4. The second-order valence-corrected chi connectivity index (χ2v) is 10.3. The van der Waals surface area contributed by atoms with Crippen LogP contribution in [-0.4, -0.2) is 44.3 Å². The lowest BCUT2D eigenvalue weighted by Gasteiger charge is -2.44. The first-order chi connectivity index (χ1) is 18.2. The van der Waals surface area contributed by atoms with E-state index in [0.717, 1.165) is 12.8 Å². The Morgan fingerprint density at radius 1 is 0.579 bits per heavy atom. The number of aliphatic carboxylic acids is 4. The quantitative estimate of drug-likeness (QED) is 0.237. The highest BCUT2D eigenvalue weighted by Gasteiger charge is 2.40. The summed E-state index contributed by atoms with van der Waals surface area (Å²) < 4.78 is 0. The number of carboxylic acid groups (broad SMARTS) is 4. The molecule has 3 rings (SSSR count). The summed E-state index contributed by atoms with van der Waals surface area (Å²) in [5.74, 6) is -7.69. The van der Waals surface area contributed by atoms with Crippen molar-refractivity contribution >= 4 is 23.9 Å². The lowest BCUT2D eigenvalue weighted by molar-refractivity contribution is -0.157. The highest BCUT2D eigenvalue weighted by atomic mass is 16.4. The van der Waals surface area contributed by atoms with Gasteiger partial charge in [0.15, 0.2) is 11.8 Å². The Balaban J connectivity index is 1.90. The molecule has 0 radical (unpaired) electrons. The smallest absolute Gasteiger partial charge is 0.317 e. The summed E-state index contributed by atoms with van der Waals surface area (Å²) >= 11 is 0. The van der Waals surface area contributed by atoms with Crippen LogP contribution in [0.15, 0.2) is 60.7 Å². The molecular weight excluding hydrogens is 488 g/mol. The van der Waals surface area contributed by atoms with Crippen molar-refractivity contribution in [1.82, 2.24) is 0 Å². The Labute approximate surface area is 222 Å². The van der Waals surface area contributed by atoms with Gasteiger partial charge in [-0.25, -0.2) is 0 Å². The molecule has 4 unspecified atom stereocenters. The molecule has 2 aromatic rings. The van der Waals surface area contributed by atoms with Gasteiger partial charge in [-0.3, -0.25) is 19.2 Å². The maximum atomic E-state index is 11.4. The van der Waals surface area contributed by atoms with Crippen LogP contribution in [0.25, 0.3) is 0 Å². The fourth-order valence-corrected chi connectivity index (χ4v) is 6.26. The van der Waals surface area contributed by atoms with Gasteiger partial charge in [-0.2, -0.15) is 0 Å². The molecule has 0 saturated heterocycles. The third kappa shape index (κ3) is 7.43. The SMILES string of the molecule is O=C(O)C(CCCC1C(c2ccccc2)CCC(c2ccccc2)C1CCCC(C(=O)O)C(=O)O)C(=O)O. The maximum absolute atomic E-state index is 11.4. The van der Waals surface area contributed by atoms with Gasteiger partial charge in [0.05, 0.1) is 0 Å². The molecule has 1 aliphatic carbocycles. The fourth-order valence-electron chi connectivity index (χ4n) is 6.26. The van der Waals surface area contributed by atoms with Gasteiger partial charge in [0.25, 0.3) is 0 Å². The standard InChI is InChI=1S/C30H36O8/c31-27(32)25(28(33)34)15-7-13-23-21(19-9-3-1-4-10-19)17-18-22(20-11-5-2-6-12-20)24(23)14-8-16-26(29(35)36)30(37)38/h1-6,9-12,21-26H,7-8,13-18H2,(H,31,32)(H,33,34)(H,35,36)(H,37,38). The van der Waals surface area contributed by atoms with Gasteiger partial charge in [-0.05, 0) is 73.3 Å². The first-order valence-electron chi connectivity index (χ1n) is 13.2. The Morgan fingerprint density at radius 3 is 1.18 bits per heavy atom. The number of benzene rings is 2. The van der Waals surface area contributed by atoms with Crippen LogP contribution in [0, 0.1) is 23.7 Å². The lowest BCUT2D eigenvalue weighted by Crippen LogP contribution is -2.33. The van der Waals surface area contributed by atoms with Gasteiger partial charge in [-0.1, -0.05) is 73.5 Å². The molecule has 2 aromatic carbocycles. The first-order valence-corrected chi connectivity index (χ1v) is 13.2. The minimum atomic E-state index is -1.45. The van der Waals surface area contributed by atoms with E-state index in [0.29, 0.717) is 25.7 Å². The van der Waals surface area contributed by atoms with Crippen molar-refractivity contribution in [3.63, 3.8) is 0 Å². The van der Waals surface area contributed by atoms with Crippen LogP contribution in [0.5, 0.6) is 0 Å². The molecule has 204 valence electrons. The summed E-state index contributed by atoms with van der Waals surface area (Å²) in [6, 6.07) is 20.2. The van der Waals surface area contributed by atoms with E-state index in [4.69, 9.17) is 0 Å². The summed E-state index contributed by atoms with van der Waals surface area (Å²) in [6.07, 6.45) is 4.02. The van der Waals surface area contributed by atoms with E-state index in [2.05, 4.69) is 24.3 Å². The Morgan fingerprint density at radius 2 is 0.895 bits per heavy atom.